The van der Waals surface area contributed by atoms with Gasteiger partial charge in [0.05, 0.1) is 0 Å². The molecule has 98 valence electrons. The van der Waals surface area contributed by atoms with Crippen molar-refractivity contribution < 1.29 is 4.74 Å². The molecule has 0 aliphatic carbocycles. The molecule has 2 atom stereocenters. The highest BCUT2D eigenvalue weighted by Gasteiger charge is 2.26. The molecule has 1 aliphatic rings. The van der Waals surface area contributed by atoms with Gasteiger partial charge in [-0.3, -0.25) is 0 Å². The van der Waals surface area contributed by atoms with Crippen LogP contribution in [0.3, 0.4) is 0 Å². The van der Waals surface area contributed by atoms with Crippen molar-refractivity contribution >= 4 is 0 Å². The van der Waals surface area contributed by atoms with E-state index in [1.165, 1.54) is 11.1 Å². The maximum absolute atomic E-state index is 5.70. The average molecular weight is 252 g/mol. The number of benzene rings is 2. The first-order chi connectivity index (χ1) is 9.45. The molecule has 0 bridgehead atoms. The van der Waals surface area contributed by atoms with E-state index in [4.69, 9.17) is 4.74 Å². The Kier molecular flexibility index (Phi) is 3.95. The van der Waals surface area contributed by atoms with Gasteiger partial charge in [0.1, 0.15) is 0 Å². The standard InChI is InChI=1S/C18H20O/c1-3-7-15(8-4-1)17-11-13-19-14-12-18(17)16-9-5-2-6-10-16/h1-10,17-18H,11-14H2/t17-,18-/m1/s1. The maximum atomic E-state index is 5.70. The Morgan fingerprint density at radius 2 is 1.05 bits per heavy atom. The molecule has 0 N–H and O–H groups in total. The second kappa shape index (κ2) is 6.03. The van der Waals surface area contributed by atoms with Crippen LogP contribution in [0.1, 0.15) is 35.8 Å². The number of rotatable bonds is 2. The topological polar surface area (TPSA) is 9.23 Å². The van der Waals surface area contributed by atoms with Crippen molar-refractivity contribution in [3.63, 3.8) is 0 Å². The highest BCUT2D eigenvalue weighted by molar-refractivity contribution is 5.28. The van der Waals surface area contributed by atoms with Gasteiger partial charge in [0.15, 0.2) is 0 Å². The number of hydrogen-bond donors (Lipinski definition) is 0. The highest BCUT2D eigenvalue weighted by atomic mass is 16.5. The molecule has 1 saturated heterocycles. The van der Waals surface area contributed by atoms with Crippen LogP contribution in [-0.2, 0) is 4.74 Å². The summed E-state index contributed by atoms with van der Waals surface area (Å²) in [5.74, 6) is 1.15. The summed E-state index contributed by atoms with van der Waals surface area (Å²) >= 11 is 0. The lowest BCUT2D eigenvalue weighted by Crippen LogP contribution is -2.11. The van der Waals surface area contributed by atoms with E-state index in [0.29, 0.717) is 11.8 Å². The second-order valence-corrected chi connectivity index (χ2v) is 5.22. The minimum Gasteiger partial charge on any atom is -0.381 e. The van der Waals surface area contributed by atoms with Gasteiger partial charge in [-0.2, -0.15) is 0 Å². The minimum atomic E-state index is 0.575. The van der Waals surface area contributed by atoms with Crippen molar-refractivity contribution in [2.24, 2.45) is 0 Å². The molecule has 1 aliphatic heterocycles. The summed E-state index contributed by atoms with van der Waals surface area (Å²) in [6.45, 7) is 1.76. The Labute approximate surface area is 115 Å². The normalized spacial score (nSPS) is 23.8. The Balaban J connectivity index is 1.94. The Hall–Kier alpha value is -1.60. The molecular weight excluding hydrogens is 232 g/mol. The van der Waals surface area contributed by atoms with E-state index in [9.17, 15) is 0 Å². The lowest BCUT2D eigenvalue weighted by atomic mass is 9.78. The lowest BCUT2D eigenvalue weighted by Gasteiger charge is -2.25. The third-order valence-electron chi connectivity index (χ3n) is 4.09. The molecule has 0 amide bonds. The van der Waals surface area contributed by atoms with Crippen LogP contribution < -0.4 is 0 Å². The van der Waals surface area contributed by atoms with Gasteiger partial charge in [-0.1, -0.05) is 60.7 Å². The lowest BCUT2D eigenvalue weighted by molar-refractivity contribution is 0.142. The Morgan fingerprint density at radius 3 is 1.47 bits per heavy atom. The fourth-order valence-electron chi connectivity index (χ4n) is 3.12. The van der Waals surface area contributed by atoms with E-state index in [1.54, 1.807) is 0 Å². The molecular formula is C18H20O. The van der Waals surface area contributed by atoms with Crippen LogP contribution >= 0.6 is 0 Å². The van der Waals surface area contributed by atoms with Gasteiger partial charge in [-0.05, 0) is 35.8 Å². The van der Waals surface area contributed by atoms with Gasteiger partial charge in [0.25, 0.3) is 0 Å². The first-order valence-electron chi connectivity index (χ1n) is 7.13. The minimum absolute atomic E-state index is 0.575. The Morgan fingerprint density at radius 1 is 0.632 bits per heavy atom. The van der Waals surface area contributed by atoms with Crippen molar-refractivity contribution in [3.8, 4) is 0 Å². The maximum Gasteiger partial charge on any atom is 0.0472 e. The average Bonchev–Trinajstić information content (AvgIpc) is 2.75. The number of hydrogen-bond acceptors (Lipinski definition) is 1. The van der Waals surface area contributed by atoms with Gasteiger partial charge < -0.3 is 4.74 Å². The summed E-state index contributed by atoms with van der Waals surface area (Å²) in [4.78, 5) is 0. The monoisotopic (exact) mass is 252 g/mol. The Bertz CT molecular complexity index is 444. The third kappa shape index (κ3) is 2.87. The SMILES string of the molecule is c1ccc([C@H]2CCOCC[C@@H]2c2ccccc2)cc1. The van der Waals surface area contributed by atoms with E-state index in [1.807, 2.05) is 0 Å². The zero-order chi connectivity index (χ0) is 12.9. The summed E-state index contributed by atoms with van der Waals surface area (Å²) in [6.07, 6.45) is 2.23. The molecule has 0 aromatic heterocycles. The molecule has 1 heteroatoms. The van der Waals surface area contributed by atoms with Gasteiger partial charge in [-0.25, -0.2) is 0 Å². The first-order valence-corrected chi connectivity index (χ1v) is 7.13. The van der Waals surface area contributed by atoms with E-state index in [2.05, 4.69) is 60.7 Å². The third-order valence-corrected chi connectivity index (χ3v) is 4.09. The van der Waals surface area contributed by atoms with Crippen LogP contribution in [0.25, 0.3) is 0 Å². The summed E-state index contributed by atoms with van der Waals surface area (Å²) in [5, 5.41) is 0. The van der Waals surface area contributed by atoms with Gasteiger partial charge >= 0.3 is 0 Å². The van der Waals surface area contributed by atoms with E-state index in [0.717, 1.165) is 26.1 Å². The summed E-state index contributed by atoms with van der Waals surface area (Å²) in [6, 6.07) is 21.8. The molecule has 19 heavy (non-hydrogen) atoms. The molecule has 2 aromatic carbocycles. The van der Waals surface area contributed by atoms with Crippen LogP contribution in [0.5, 0.6) is 0 Å². The smallest absolute Gasteiger partial charge is 0.0472 e. The molecule has 1 heterocycles. The van der Waals surface area contributed by atoms with E-state index < -0.39 is 0 Å². The largest absolute Gasteiger partial charge is 0.381 e. The number of ether oxygens (including phenoxy) is 1. The molecule has 3 rings (SSSR count). The van der Waals surface area contributed by atoms with Crippen molar-refractivity contribution in [2.75, 3.05) is 13.2 Å². The van der Waals surface area contributed by atoms with Crippen LogP contribution in [-0.4, -0.2) is 13.2 Å². The van der Waals surface area contributed by atoms with Crippen molar-refractivity contribution in [1.82, 2.24) is 0 Å². The van der Waals surface area contributed by atoms with Crippen LogP contribution in [0.2, 0.25) is 0 Å². The molecule has 0 radical (unpaired) electrons. The summed E-state index contributed by atoms with van der Waals surface area (Å²) in [7, 11) is 0. The fourth-order valence-corrected chi connectivity index (χ4v) is 3.12. The van der Waals surface area contributed by atoms with E-state index >= 15 is 0 Å². The van der Waals surface area contributed by atoms with Crippen LogP contribution in [0.4, 0.5) is 0 Å². The van der Waals surface area contributed by atoms with Gasteiger partial charge in [0.2, 0.25) is 0 Å². The van der Waals surface area contributed by atoms with Gasteiger partial charge in [-0.15, -0.1) is 0 Å². The quantitative estimate of drug-likeness (QED) is 0.771. The summed E-state index contributed by atoms with van der Waals surface area (Å²) in [5.41, 5.74) is 2.89. The first kappa shape index (κ1) is 12.4. The second-order valence-electron chi connectivity index (χ2n) is 5.22. The predicted molar refractivity (Wildman–Crippen MR) is 78.4 cm³/mol. The van der Waals surface area contributed by atoms with Crippen LogP contribution in [0, 0.1) is 0 Å². The van der Waals surface area contributed by atoms with Crippen LogP contribution in [0.15, 0.2) is 60.7 Å². The fraction of sp³-hybridized carbons (Fsp3) is 0.333. The van der Waals surface area contributed by atoms with Crippen molar-refractivity contribution in [3.05, 3.63) is 71.8 Å². The molecule has 0 saturated carbocycles. The van der Waals surface area contributed by atoms with Gasteiger partial charge in [0, 0.05) is 13.2 Å². The zero-order valence-corrected chi connectivity index (χ0v) is 11.2. The highest BCUT2D eigenvalue weighted by Crippen LogP contribution is 2.39. The van der Waals surface area contributed by atoms with Crippen molar-refractivity contribution in [1.29, 1.82) is 0 Å². The molecule has 0 spiro atoms. The van der Waals surface area contributed by atoms with E-state index in [-0.39, 0.29) is 0 Å². The zero-order valence-electron chi connectivity index (χ0n) is 11.2. The summed E-state index contributed by atoms with van der Waals surface area (Å²) < 4.78 is 5.70. The van der Waals surface area contributed by atoms with Crippen molar-refractivity contribution in [2.45, 2.75) is 24.7 Å². The predicted octanol–water partition coefficient (Wildman–Crippen LogP) is 4.36. The molecule has 2 aromatic rings. The molecule has 1 nitrogen and oxygen atoms in total. The molecule has 0 unspecified atom stereocenters. The molecule has 1 fully saturated rings.